The summed E-state index contributed by atoms with van der Waals surface area (Å²) in [5.41, 5.74) is 0.395. The lowest BCUT2D eigenvalue weighted by Crippen LogP contribution is -2.40. The second-order valence-electron chi connectivity index (χ2n) is 5.52. The first-order valence-corrected chi connectivity index (χ1v) is 8.20. The molecule has 0 radical (unpaired) electrons. The lowest BCUT2D eigenvalue weighted by molar-refractivity contribution is -0.158. The molecule has 0 aromatic heterocycles. The van der Waals surface area contributed by atoms with Crippen molar-refractivity contribution >= 4 is 29.5 Å². The summed E-state index contributed by atoms with van der Waals surface area (Å²) < 4.78 is 9.60. The topological polar surface area (TPSA) is 107 Å². The molecule has 1 unspecified atom stereocenters. The van der Waals surface area contributed by atoms with Gasteiger partial charge in [0, 0.05) is 0 Å². The molecular formula is C18H19NO7. The number of esters is 2. The monoisotopic (exact) mass is 363 g/mol. The van der Waals surface area contributed by atoms with Gasteiger partial charge in [-0.3, -0.25) is 28.9 Å². The molecular weight excluding hydrogens is 344 g/mol. The Bertz CT molecular complexity index is 721. The van der Waals surface area contributed by atoms with E-state index in [-0.39, 0.29) is 24.3 Å². The van der Waals surface area contributed by atoms with Crippen molar-refractivity contribution in [3.05, 3.63) is 35.4 Å². The number of imide groups is 1. The van der Waals surface area contributed by atoms with Gasteiger partial charge in [0.2, 0.25) is 0 Å². The van der Waals surface area contributed by atoms with Gasteiger partial charge in [-0.25, -0.2) is 0 Å². The van der Waals surface area contributed by atoms with E-state index < -0.39 is 48.4 Å². The second-order valence-corrected chi connectivity index (χ2v) is 5.52. The average molecular weight is 363 g/mol. The number of hydrogen-bond donors (Lipinski definition) is 0. The predicted molar refractivity (Wildman–Crippen MR) is 88.2 cm³/mol. The van der Waals surface area contributed by atoms with Gasteiger partial charge >= 0.3 is 11.9 Å². The number of ether oxygens (including phenoxy) is 2. The van der Waals surface area contributed by atoms with Crippen LogP contribution in [0.1, 0.15) is 41.0 Å². The number of rotatable bonds is 8. The van der Waals surface area contributed by atoms with Crippen LogP contribution in [0, 0.1) is 5.92 Å². The summed E-state index contributed by atoms with van der Waals surface area (Å²) in [6.07, 6.45) is -0.505. The van der Waals surface area contributed by atoms with E-state index in [0.717, 1.165) is 4.90 Å². The van der Waals surface area contributed by atoms with Gasteiger partial charge in [0.05, 0.1) is 37.3 Å². The summed E-state index contributed by atoms with van der Waals surface area (Å²) in [5, 5.41) is 0. The average Bonchev–Trinajstić information content (AvgIpc) is 2.85. The van der Waals surface area contributed by atoms with Crippen LogP contribution in [0.5, 0.6) is 0 Å². The number of amides is 2. The van der Waals surface area contributed by atoms with Gasteiger partial charge in [0.15, 0.2) is 5.78 Å². The van der Waals surface area contributed by atoms with Gasteiger partial charge in [0.1, 0.15) is 5.92 Å². The molecule has 2 amide bonds. The molecule has 2 rings (SSSR count). The Morgan fingerprint density at radius 3 is 2.00 bits per heavy atom. The number of Topliss-reactive ketones (excluding diaryl/α,β-unsaturated/α-hetero) is 1. The Morgan fingerprint density at radius 2 is 1.50 bits per heavy atom. The molecule has 1 aromatic rings. The van der Waals surface area contributed by atoms with Gasteiger partial charge < -0.3 is 9.47 Å². The van der Waals surface area contributed by atoms with E-state index in [9.17, 15) is 24.0 Å². The first kappa shape index (κ1) is 19.3. The summed E-state index contributed by atoms with van der Waals surface area (Å²) in [4.78, 5) is 61.7. The summed E-state index contributed by atoms with van der Waals surface area (Å²) in [5.74, 6) is -5.04. The quantitative estimate of drug-likeness (QED) is 0.293. The van der Waals surface area contributed by atoms with E-state index in [0.29, 0.717) is 0 Å². The smallest absolute Gasteiger partial charge is 0.317 e. The zero-order valence-corrected chi connectivity index (χ0v) is 14.5. The number of benzene rings is 1. The van der Waals surface area contributed by atoms with Crippen LogP contribution in [0.15, 0.2) is 24.3 Å². The fourth-order valence-corrected chi connectivity index (χ4v) is 2.61. The summed E-state index contributed by atoms with van der Waals surface area (Å²) in [6.45, 7) is 2.67. The molecule has 1 aliphatic rings. The van der Waals surface area contributed by atoms with Crippen LogP contribution >= 0.6 is 0 Å². The van der Waals surface area contributed by atoms with Crippen LogP contribution in [-0.4, -0.2) is 54.2 Å². The fraction of sp³-hybridized carbons (Fsp3) is 0.389. The van der Waals surface area contributed by atoms with E-state index in [1.54, 1.807) is 26.0 Å². The van der Waals surface area contributed by atoms with E-state index in [1.165, 1.54) is 12.1 Å². The number of carbonyl (C=O) groups excluding carboxylic acids is 5. The Hall–Kier alpha value is -3.03. The molecule has 8 nitrogen and oxygen atoms in total. The van der Waals surface area contributed by atoms with Crippen LogP contribution in [-0.2, 0) is 23.9 Å². The third-order valence-corrected chi connectivity index (χ3v) is 3.83. The molecule has 1 heterocycles. The fourth-order valence-electron chi connectivity index (χ4n) is 2.61. The maximum Gasteiger partial charge on any atom is 0.317 e. The zero-order chi connectivity index (χ0) is 19.3. The zero-order valence-electron chi connectivity index (χ0n) is 14.5. The molecule has 0 saturated heterocycles. The highest BCUT2D eigenvalue weighted by molar-refractivity contribution is 6.22. The van der Waals surface area contributed by atoms with Crippen LogP contribution in [0.4, 0.5) is 0 Å². The lowest BCUT2D eigenvalue weighted by atomic mass is 10.1. The van der Waals surface area contributed by atoms with Crippen molar-refractivity contribution in [3.8, 4) is 0 Å². The Balaban J connectivity index is 2.16. The van der Waals surface area contributed by atoms with Gasteiger partial charge in [0.25, 0.3) is 11.8 Å². The highest BCUT2D eigenvalue weighted by Crippen LogP contribution is 2.23. The minimum Gasteiger partial charge on any atom is -0.466 e. The minimum atomic E-state index is -1.43. The standard InChI is InChI=1S/C18H19NO7/c1-3-25-15(21)9-13(18(24)26-4-2)14(20)10-19-16(22)11-7-5-6-8-12(11)17(19)23/h5-8,13H,3-4,9-10H2,1-2H3/i9+1,15+1. The number of carbonyl (C=O) groups is 5. The van der Waals surface area contributed by atoms with E-state index in [1.807, 2.05) is 0 Å². The maximum absolute atomic E-state index is 12.5. The molecule has 0 saturated carbocycles. The van der Waals surface area contributed by atoms with Crippen molar-refractivity contribution in [2.45, 2.75) is 20.3 Å². The normalized spacial score (nSPS) is 14.0. The molecule has 26 heavy (non-hydrogen) atoms. The largest absolute Gasteiger partial charge is 0.466 e. The molecule has 0 aliphatic carbocycles. The first-order valence-electron chi connectivity index (χ1n) is 8.20. The molecule has 0 bridgehead atoms. The Kier molecular flexibility index (Phi) is 6.21. The third-order valence-electron chi connectivity index (χ3n) is 3.83. The van der Waals surface area contributed by atoms with Crippen molar-refractivity contribution in [3.63, 3.8) is 0 Å². The number of ketones is 1. The predicted octanol–water partition coefficient (Wildman–Crippen LogP) is 0.984. The molecule has 1 aromatic carbocycles. The van der Waals surface area contributed by atoms with Gasteiger partial charge in [-0.1, -0.05) is 12.1 Å². The van der Waals surface area contributed by atoms with Crippen molar-refractivity contribution in [1.29, 1.82) is 0 Å². The van der Waals surface area contributed by atoms with Gasteiger partial charge in [-0.15, -0.1) is 0 Å². The molecule has 0 N–H and O–H groups in total. The van der Waals surface area contributed by atoms with Gasteiger partial charge in [-0.05, 0) is 26.0 Å². The molecule has 0 fully saturated rings. The summed E-state index contributed by atoms with van der Waals surface area (Å²) in [6, 6.07) is 6.19. The number of fused-ring (bicyclic) bond motifs is 1. The SMILES string of the molecule is CCOC(=O)C([13CH2][13C](=O)OCC)C(=O)CN1C(=O)c2ccccc2C1=O. The molecule has 1 aliphatic heterocycles. The molecule has 1 atom stereocenters. The highest BCUT2D eigenvalue weighted by atomic mass is 16.6. The van der Waals surface area contributed by atoms with E-state index in [2.05, 4.69) is 0 Å². The van der Waals surface area contributed by atoms with Crippen molar-refractivity contribution in [1.82, 2.24) is 4.90 Å². The second kappa shape index (κ2) is 8.37. The van der Waals surface area contributed by atoms with Crippen LogP contribution in [0.2, 0.25) is 0 Å². The van der Waals surface area contributed by atoms with Crippen molar-refractivity contribution < 1.29 is 33.4 Å². The van der Waals surface area contributed by atoms with Gasteiger partial charge in [-0.2, -0.15) is 0 Å². The van der Waals surface area contributed by atoms with Crippen LogP contribution in [0.3, 0.4) is 0 Å². The van der Waals surface area contributed by atoms with E-state index >= 15 is 0 Å². The maximum atomic E-state index is 12.5. The third kappa shape index (κ3) is 3.96. The summed E-state index contributed by atoms with van der Waals surface area (Å²) >= 11 is 0. The molecule has 138 valence electrons. The van der Waals surface area contributed by atoms with Crippen LogP contribution in [0.25, 0.3) is 0 Å². The van der Waals surface area contributed by atoms with Crippen molar-refractivity contribution in [2.24, 2.45) is 5.92 Å². The number of nitrogens with zero attached hydrogens (tertiary/aromatic N) is 1. The highest BCUT2D eigenvalue weighted by Gasteiger charge is 2.39. The summed E-state index contributed by atoms with van der Waals surface area (Å²) in [7, 11) is 0. The minimum absolute atomic E-state index is 0.0262. The lowest BCUT2D eigenvalue weighted by Gasteiger charge is -2.18. The molecule has 8 heteroatoms. The Morgan fingerprint density at radius 1 is 0.962 bits per heavy atom. The first-order chi connectivity index (χ1) is 12.4. The molecule has 0 spiro atoms. The van der Waals surface area contributed by atoms with E-state index in [4.69, 9.17) is 9.47 Å². The van der Waals surface area contributed by atoms with Crippen molar-refractivity contribution in [2.75, 3.05) is 19.8 Å². The Labute approximate surface area is 150 Å². The van der Waals surface area contributed by atoms with Crippen LogP contribution < -0.4 is 0 Å². The number of hydrogen-bond acceptors (Lipinski definition) is 7.